The monoisotopic (exact) mass is 186 g/mol. The summed E-state index contributed by atoms with van der Waals surface area (Å²) >= 11 is 0. The summed E-state index contributed by atoms with van der Waals surface area (Å²) in [6.45, 7) is 3.82. The van der Waals surface area contributed by atoms with E-state index < -0.39 is 0 Å². The van der Waals surface area contributed by atoms with Crippen LogP contribution in [0.3, 0.4) is 0 Å². The zero-order valence-corrected chi connectivity index (χ0v) is 8.29. The van der Waals surface area contributed by atoms with Crippen molar-refractivity contribution in [3.63, 3.8) is 0 Å². The largest absolute Gasteiger partial charge is 0.360 e. The number of carbonyl (C=O) groups is 1. The van der Waals surface area contributed by atoms with Crippen LogP contribution in [0.4, 0.5) is 0 Å². The van der Waals surface area contributed by atoms with Crippen LogP contribution in [-0.2, 0) is 0 Å². The second-order valence-electron chi connectivity index (χ2n) is 3.69. The van der Waals surface area contributed by atoms with Crippen LogP contribution in [0.1, 0.15) is 24.2 Å². The summed E-state index contributed by atoms with van der Waals surface area (Å²) in [6, 6.07) is 8.59. The van der Waals surface area contributed by atoms with Gasteiger partial charge < -0.3 is 4.98 Å². The molecular formula is C12H12NO. The summed E-state index contributed by atoms with van der Waals surface area (Å²) in [6.07, 6.45) is 1.78. The van der Waals surface area contributed by atoms with E-state index in [1.807, 2.05) is 32.0 Å². The first-order chi connectivity index (χ1) is 6.70. The first-order valence-corrected chi connectivity index (χ1v) is 4.71. The molecule has 0 atom stereocenters. The molecule has 2 aromatic rings. The molecule has 0 spiro atoms. The van der Waals surface area contributed by atoms with Crippen molar-refractivity contribution in [2.45, 2.75) is 13.8 Å². The number of hydrogen-bond acceptors (Lipinski definition) is 1. The van der Waals surface area contributed by atoms with Gasteiger partial charge in [0.2, 0.25) is 0 Å². The maximum Gasteiger partial charge on any atom is 0.167 e. The number of aromatic amines is 1. The van der Waals surface area contributed by atoms with Crippen LogP contribution in [0.15, 0.2) is 24.4 Å². The van der Waals surface area contributed by atoms with E-state index in [0.29, 0.717) is 0 Å². The highest BCUT2D eigenvalue weighted by Crippen LogP contribution is 2.20. The summed E-state index contributed by atoms with van der Waals surface area (Å²) in [4.78, 5) is 14.9. The van der Waals surface area contributed by atoms with E-state index in [1.54, 1.807) is 6.20 Å². The molecule has 0 aliphatic carbocycles. The molecule has 1 radical (unpaired) electrons. The van der Waals surface area contributed by atoms with Crippen LogP contribution in [-0.4, -0.2) is 10.8 Å². The Morgan fingerprint density at radius 2 is 2.29 bits per heavy atom. The van der Waals surface area contributed by atoms with E-state index in [1.165, 1.54) is 0 Å². The van der Waals surface area contributed by atoms with Gasteiger partial charge in [-0.05, 0) is 18.2 Å². The molecule has 0 fully saturated rings. The van der Waals surface area contributed by atoms with Crippen LogP contribution in [0.2, 0.25) is 0 Å². The van der Waals surface area contributed by atoms with Gasteiger partial charge in [0.25, 0.3) is 0 Å². The van der Waals surface area contributed by atoms with Crippen molar-refractivity contribution >= 4 is 16.7 Å². The van der Waals surface area contributed by atoms with E-state index in [9.17, 15) is 4.79 Å². The van der Waals surface area contributed by atoms with Gasteiger partial charge in [0.15, 0.2) is 5.78 Å². The number of rotatable bonds is 2. The van der Waals surface area contributed by atoms with E-state index in [-0.39, 0.29) is 11.7 Å². The molecular weight excluding hydrogens is 174 g/mol. The molecule has 2 heteroatoms. The summed E-state index contributed by atoms with van der Waals surface area (Å²) in [5.41, 5.74) is 1.76. The number of nitrogens with one attached hydrogen (secondary N) is 1. The number of ketones is 1. The van der Waals surface area contributed by atoms with Crippen LogP contribution in [0.25, 0.3) is 10.9 Å². The number of hydrogen-bond donors (Lipinski definition) is 1. The Hall–Kier alpha value is -1.57. The van der Waals surface area contributed by atoms with Crippen LogP contribution in [0.5, 0.6) is 0 Å². The maximum atomic E-state index is 11.8. The van der Waals surface area contributed by atoms with E-state index in [4.69, 9.17) is 0 Å². The fourth-order valence-corrected chi connectivity index (χ4v) is 1.52. The SMILES string of the molecule is CC(C)C(=O)c1c[nH]c2cc[c]cc12. The van der Waals surface area contributed by atoms with Crippen molar-refractivity contribution in [3.8, 4) is 0 Å². The highest BCUT2D eigenvalue weighted by Gasteiger charge is 2.14. The van der Waals surface area contributed by atoms with Gasteiger partial charge in [0.05, 0.1) is 0 Å². The van der Waals surface area contributed by atoms with Gasteiger partial charge in [0, 0.05) is 28.6 Å². The molecule has 0 saturated carbocycles. The summed E-state index contributed by atoms with van der Waals surface area (Å²) in [5.74, 6) is 0.213. The van der Waals surface area contributed by atoms with Crippen molar-refractivity contribution in [1.82, 2.24) is 4.98 Å². The second-order valence-corrected chi connectivity index (χ2v) is 3.69. The van der Waals surface area contributed by atoms with Gasteiger partial charge in [0.1, 0.15) is 0 Å². The van der Waals surface area contributed by atoms with Gasteiger partial charge in [-0.15, -0.1) is 0 Å². The fraction of sp³-hybridized carbons (Fsp3) is 0.250. The van der Waals surface area contributed by atoms with Crippen LogP contribution >= 0.6 is 0 Å². The molecule has 1 aromatic carbocycles. The minimum Gasteiger partial charge on any atom is -0.360 e. The lowest BCUT2D eigenvalue weighted by Gasteiger charge is -2.01. The predicted octanol–water partition coefficient (Wildman–Crippen LogP) is 2.81. The second kappa shape index (κ2) is 3.29. The molecule has 1 N–H and O–H groups in total. The highest BCUT2D eigenvalue weighted by atomic mass is 16.1. The van der Waals surface area contributed by atoms with Crippen molar-refractivity contribution in [2.24, 2.45) is 5.92 Å². The van der Waals surface area contributed by atoms with Crippen molar-refractivity contribution < 1.29 is 4.79 Å². The van der Waals surface area contributed by atoms with Crippen molar-refractivity contribution in [1.29, 1.82) is 0 Å². The summed E-state index contributed by atoms with van der Waals surface area (Å²) in [5, 5.41) is 0.964. The standard InChI is InChI=1S/C12H12NO/c1-8(2)12(14)10-7-13-11-6-4-3-5-9(10)11/h4-8,13H,1-2H3. The minimum atomic E-state index is 0.0363. The third kappa shape index (κ3) is 1.33. The average molecular weight is 186 g/mol. The number of H-pyrrole nitrogens is 1. The zero-order chi connectivity index (χ0) is 10.1. The minimum absolute atomic E-state index is 0.0363. The molecule has 2 rings (SSSR count). The molecule has 0 saturated heterocycles. The zero-order valence-electron chi connectivity index (χ0n) is 8.29. The molecule has 0 amide bonds. The van der Waals surface area contributed by atoms with E-state index >= 15 is 0 Å². The van der Waals surface area contributed by atoms with Gasteiger partial charge in [-0.1, -0.05) is 19.9 Å². The third-order valence-electron chi connectivity index (χ3n) is 2.32. The molecule has 0 unspecified atom stereocenters. The Labute approximate surface area is 82.9 Å². The van der Waals surface area contributed by atoms with Crippen molar-refractivity contribution in [3.05, 3.63) is 36.0 Å². The Balaban J connectivity index is 2.58. The third-order valence-corrected chi connectivity index (χ3v) is 2.32. The Morgan fingerprint density at radius 3 is 3.00 bits per heavy atom. The summed E-state index contributed by atoms with van der Waals surface area (Å²) in [7, 11) is 0. The molecule has 0 bridgehead atoms. The quantitative estimate of drug-likeness (QED) is 0.719. The Bertz CT molecular complexity index is 468. The number of aromatic nitrogens is 1. The normalized spacial score (nSPS) is 11.1. The lowest BCUT2D eigenvalue weighted by Crippen LogP contribution is -2.06. The first-order valence-electron chi connectivity index (χ1n) is 4.71. The average Bonchev–Trinajstić information content (AvgIpc) is 2.60. The lowest BCUT2D eigenvalue weighted by molar-refractivity contribution is 0.0941. The lowest BCUT2D eigenvalue weighted by atomic mass is 10.0. The molecule has 2 nitrogen and oxygen atoms in total. The number of benzene rings is 1. The smallest absolute Gasteiger partial charge is 0.167 e. The molecule has 0 aliphatic heterocycles. The number of fused-ring (bicyclic) bond motifs is 1. The van der Waals surface area contributed by atoms with Gasteiger partial charge in [-0.25, -0.2) is 0 Å². The molecule has 14 heavy (non-hydrogen) atoms. The molecule has 1 heterocycles. The number of carbonyl (C=O) groups excluding carboxylic acids is 1. The predicted molar refractivity (Wildman–Crippen MR) is 56.3 cm³/mol. The number of Topliss-reactive ketones (excluding diaryl/α,β-unsaturated/α-hetero) is 1. The summed E-state index contributed by atoms with van der Waals surface area (Å²) < 4.78 is 0. The van der Waals surface area contributed by atoms with Gasteiger partial charge in [-0.2, -0.15) is 0 Å². The van der Waals surface area contributed by atoms with Gasteiger partial charge in [-0.3, -0.25) is 4.79 Å². The van der Waals surface area contributed by atoms with Crippen LogP contribution in [0, 0.1) is 12.0 Å². The van der Waals surface area contributed by atoms with Crippen molar-refractivity contribution in [2.75, 3.05) is 0 Å². The fourth-order valence-electron chi connectivity index (χ4n) is 1.52. The first kappa shape index (κ1) is 9.00. The highest BCUT2D eigenvalue weighted by molar-refractivity contribution is 6.08. The Morgan fingerprint density at radius 1 is 1.50 bits per heavy atom. The molecule has 0 aliphatic rings. The molecule has 71 valence electrons. The Kier molecular flexibility index (Phi) is 2.12. The maximum absolute atomic E-state index is 11.8. The van der Waals surface area contributed by atoms with E-state index in [2.05, 4.69) is 11.1 Å². The topological polar surface area (TPSA) is 32.9 Å². The van der Waals surface area contributed by atoms with Gasteiger partial charge >= 0.3 is 0 Å². The molecule has 1 aromatic heterocycles. The van der Waals surface area contributed by atoms with Crippen LogP contribution < -0.4 is 0 Å². The van der Waals surface area contributed by atoms with E-state index in [0.717, 1.165) is 16.5 Å².